The van der Waals surface area contributed by atoms with Crippen molar-refractivity contribution >= 4 is 39.1 Å². The lowest BCUT2D eigenvalue weighted by molar-refractivity contribution is -0.135. The zero-order valence-corrected chi connectivity index (χ0v) is 23.7. The molecule has 14 heteroatoms. The number of anilines is 1. The van der Waals surface area contributed by atoms with E-state index in [2.05, 4.69) is 15.2 Å². The number of nitrogens with zero attached hydrogens (tertiary/aromatic N) is 2. The normalized spacial score (nSPS) is 21.2. The summed E-state index contributed by atoms with van der Waals surface area (Å²) in [4.78, 5) is 31.6. The van der Waals surface area contributed by atoms with Crippen molar-refractivity contribution in [3.05, 3.63) is 47.1 Å². The van der Waals surface area contributed by atoms with Crippen LogP contribution < -0.4 is 20.3 Å². The van der Waals surface area contributed by atoms with Gasteiger partial charge in [-0.25, -0.2) is 13.4 Å². The van der Waals surface area contributed by atoms with E-state index >= 15 is 0 Å². The monoisotopic (exact) mass is 602 g/mol. The highest BCUT2D eigenvalue weighted by atomic mass is 35.5. The molecule has 2 aromatic rings. The number of carbonyl (C=O) groups excluding carboxylic acids is 2. The maximum atomic E-state index is 13.2. The van der Waals surface area contributed by atoms with Crippen molar-refractivity contribution in [2.45, 2.75) is 74.3 Å². The Bertz CT molecular complexity index is 1370. The van der Waals surface area contributed by atoms with Gasteiger partial charge in [0.15, 0.2) is 15.4 Å². The second-order valence-corrected chi connectivity index (χ2v) is 13.0. The van der Waals surface area contributed by atoms with E-state index in [1.54, 1.807) is 19.9 Å². The third kappa shape index (κ3) is 6.98. The summed E-state index contributed by atoms with van der Waals surface area (Å²) in [5.74, 6) is -0.604. The zero-order valence-electron chi connectivity index (χ0n) is 22.1. The minimum absolute atomic E-state index is 0.0311. The Balaban J connectivity index is 1.39. The Kier molecular flexibility index (Phi) is 8.28. The molecule has 2 aliphatic rings. The van der Waals surface area contributed by atoms with Gasteiger partial charge in [-0.2, -0.15) is 13.2 Å². The number of nitrogens with one attached hydrogen (secondary N) is 2. The van der Waals surface area contributed by atoms with E-state index in [0.29, 0.717) is 18.7 Å². The third-order valence-corrected chi connectivity index (χ3v) is 8.36. The van der Waals surface area contributed by atoms with Crippen LogP contribution in [0.2, 0.25) is 5.02 Å². The van der Waals surface area contributed by atoms with Crippen LogP contribution in [0.25, 0.3) is 0 Å². The van der Waals surface area contributed by atoms with Crippen LogP contribution in [0, 0.1) is 0 Å². The summed E-state index contributed by atoms with van der Waals surface area (Å²) in [5, 5.41) is 5.10. The largest absolute Gasteiger partial charge is 0.477 e. The summed E-state index contributed by atoms with van der Waals surface area (Å²) in [6.07, 6.45) is 0.789. The molecule has 218 valence electrons. The molecule has 0 spiro atoms. The topological polar surface area (TPSA) is 118 Å². The van der Waals surface area contributed by atoms with Crippen LogP contribution in [-0.2, 0) is 14.6 Å². The Labute approximate surface area is 235 Å². The van der Waals surface area contributed by atoms with Crippen molar-refractivity contribution in [1.29, 1.82) is 0 Å². The van der Waals surface area contributed by atoms with Crippen LogP contribution in [0.4, 0.5) is 19.0 Å². The van der Waals surface area contributed by atoms with Gasteiger partial charge in [0.05, 0.1) is 5.56 Å². The lowest BCUT2D eigenvalue weighted by Crippen LogP contribution is -2.55. The van der Waals surface area contributed by atoms with Crippen LogP contribution >= 0.6 is 11.6 Å². The molecular formula is C26H30ClF3N4O5S. The van der Waals surface area contributed by atoms with E-state index in [0.717, 1.165) is 19.1 Å². The molecular weight excluding hydrogens is 573 g/mol. The Morgan fingerprint density at radius 3 is 2.33 bits per heavy atom. The van der Waals surface area contributed by atoms with Gasteiger partial charge in [0.1, 0.15) is 23.0 Å². The SMILES string of the molecule is CC(C)(Oc1ccc(Cl)cc1S(C)(=O)=O)C(=O)NC1CC2CCC(C1)N2c1ccc(C(=O)NCC(F)(F)F)cn1. The first kappa shape index (κ1) is 29.9. The van der Waals surface area contributed by atoms with Crippen molar-refractivity contribution in [2.75, 3.05) is 17.7 Å². The smallest absolute Gasteiger partial charge is 0.405 e. The summed E-state index contributed by atoms with van der Waals surface area (Å²) in [5.41, 5.74) is -1.35. The average Bonchev–Trinajstić information content (AvgIpc) is 3.12. The molecule has 3 heterocycles. The van der Waals surface area contributed by atoms with E-state index in [-0.39, 0.29) is 39.4 Å². The molecule has 2 aliphatic heterocycles. The van der Waals surface area contributed by atoms with Crippen molar-refractivity contribution in [2.24, 2.45) is 0 Å². The molecule has 0 saturated carbocycles. The molecule has 0 radical (unpaired) electrons. The maximum Gasteiger partial charge on any atom is 0.405 e. The quantitative estimate of drug-likeness (QED) is 0.470. The number of aromatic nitrogens is 1. The second-order valence-electron chi connectivity index (χ2n) is 10.6. The maximum absolute atomic E-state index is 13.2. The molecule has 2 fully saturated rings. The summed E-state index contributed by atoms with van der Waals surface area (Å²) < 4.78 is 67.4. The van der Waals surface area contributed by atoms with Crippen molar-refractivity contribution < 1.29 is 35.9 Å². The van der Waals surface area contributed by atoms with E-state index in [1.165, 1.54) is 30.5 Å². The van der Waals surface area contributed by atoms with Crippen LogP contribution in [0.1, 0.15) is 49.9 Å². The second kappa shape index (κ2) is 11.1. The minimum atomic E-state index is -4.50. The number of benzene rings is 1. The van der Waals surface area contributed by atoms with Crippen molar-refractivity contribution in [3.63, 3.8) is 0 Å². The van der Waals surface area contributed by atoms with Gasteiger partial charge < -0.3 is 20.3 Å². The summed E-state index contributed by atoms with van der Waals surface area (Å²) in [7, 11) is -3.66. The number of halogens is 4. The Morgan fingerprint density at radius 1 is 1.12 bits per heavy atom. The fourth-order valence-corrected chi connectivity index (χ4v) is 6.21. The Morgan fingerprint density at radius 2 is 1.77 bits per heavy atom. The number of ether oxygens (including phenoxy) is 1. The third-order valence-electron chi connectivity index (χ3n) is 7.01. The molecule has 0 aliphatic carbocycles. The predicted molar refractivity (Wildman–Crippen MR) is 142 cm³/mol. The first-order valence-electron chi connectivity index (χ1n) is 12.6. The summed E-state index contributed by atoms with van der Waals surface area (Å²) in [6.45, 7) is 1.70. The molecule has 40 heavy (non-hydrogen) atoms. The van der Waals surface area contributed by atoms with Crippen LogP contribution in [-0.4, -0.2) is 67.9 Å². The number of rotatable bonds is 8. The molecule has 2 saturated heterocycles. The first-order chi connectivity index (χ1) is 18.5. The van der Waals surface area contributed by atoms with Crippen molar-refractivity contribution in [3.8, 4) is 5.75 Å². The minimum Gasteiger partial charge on any atom is -0.477 e. The number of piperidine rings is 1. The fourth-order valence-electron chi connectivity index (χ4n) is 5.16. The van der Waals surface area contributed by atoms with Gasteiger partial charge in [0.25, 0.3) is 11.8 Å². The first-order valence-corrected chi connectivity index (χ1v) is 14.9. The number of amides is 2. The van der Waals surface area contributed by atoms with Crippen LogP contribution in [0.3, 0.4) is 0 Å². The van der Waals surface area contributed by atoms with Gasteiger partial charge >= 0.3 is 6.18 Å². The van der Waals surface area contributed by atoms with Crippen molar-refractivity contribution in [1.82, 2.24) is 15.6 Å². The van der Waals surface area contributed by atoms with Gasteiger partial charge in [0, 0.05) is 35.6 Å². The Hall–Kier alpha value is -3.06. The molecule has 1 aromatic carbocycles. The van der Waals surface area contributed by atoms with Gasteiger partial charge in [0.2, 0.25) is 0 Å². The zero-order chi connectivity index (χ0) is 29.5. The lowest BCUT2D eigenvalue weighted by Gasteiger charge is -2.41. The van der Waals surface area contributed by atoms with E-state index in [9.17, 15) is 31.2 Å². The molecule has 1 aromatic heterocycles. The molecule has 2 unspecified atom stereocenters. The highest BCUT2D eigenvalue weighted by Gasteiger charge is 2.43. The predicted octanol–water partition coefficient (Wildman–Crippen LogP) is 3.90. The summed E-state index contributed by atoms with van der Waals surface area (Å²) in [6, 6.07) is 7.24. The molecule has 2 atom stereocenters. The standard InChI is InChI=1S/C26H30ClF3N4O5S/c1-25(2,39-20-8-5-16(27)10-21(20)40(3,37)38)24(36)33-17-11-18-6-7-19(12-17)34(18)22-9-4-15(13-31-22)23(35)32-14-26(28,29)30/h4-5,8-10,13,17-19H,6-7,11-12,14H2,1-3H3,(H,32,35)(H,33,36). The highest BCUT2D eigenvalue weighted by molar-refractivity contribution is 7.90. The summed E-state index contributed by atoms with van der Waals surface area (Å²) >= 11 is 5.96. The van der Waals surface area contributed by atoms with Crippen LogP contribution in [0.15, 0.2) is 41.4 Å². The molecule has 9 nitrogen and oxygen atoms in total. The van der Waals surface area contributed by atoms with Gasteiger partial charge in [-0.3, -0.25) is 9.59 Å². The average molecular weight is 603 g/mol. The molecule has 4 rings (SSSR count). The highest BCUT2D eigenvalue weighted by Crippen LogP contribution is 2.39. The van der Waals surface area contributed by atoms with E-state index < -0.39 is 40.0 Å². The number of alkyl halides is 3. The van der Waals surface area contributed by atoms with E-state index in [1.807, 2.05) is 5.32 Å². The molecule has 2 amide bonds. The van der Waals surface area contributed by atoms with E-state index in [4.69, 9.17) is 16.3 Å². The number of pyridine rings is 1. The van der Waals surface area contributed by atoms with Gasteiger partial charge in [-0.05, 0) is 69.9 Å². The van der Waals surface area contributed by atoms with Gasteiger partial charge in [-0.15, -0.1) is 0 Å². The number of hydrogen-bond donors (Lipinski definition) is 2. The fraction of sp³-hybridized carbons (Fsp3) is 0.500. The number of carbonyl (C=O) groups is 2. The molecule has 2 bridgehead atoms. The number of hydrogen-bond acceptors (Lipinski definition) is 7. The van der Waals surface area contributed by atoms with Crippen LogP contribution in [0.5, 0.6) is 5.75 Å². The number of fused-ring (bicyclic) bond motifs is 2. The lowest BCUT2D eigenvalue weighted by atomic mass is 9.96. The molecule has 2 N–H and O–H groups in total. The number of sulfone groups is 1. The van der Waals surface area contributed by atoms with Gasteiger partial charge in [-0.1, -0.05) is 11.6 Å².